The molecule has 0 bridgehead atoms. The molecule has 3 N–H and O–H groups in total. The topological polar surface area (TPSA) is 76.3 Å². The minimum absolute atomic E-state index is 0.0482. The Balaban J connectivity index is 1.98. The second-order valence-corrected chi connectivity index (χ2v) is 4.76. The summed E-state index contributed by atoms with van der Waals surface area (Å²) >= 11 is 0. The van der Waals surface area contributed by atoms with Crippen LogP contribution in [-0.4, -0.2) is 53.8 Å². The monoisotopic (exact) mass is 305 g/mol. The largest absolute Gasteiger partial charge is 0.433 e. The van der Waals surface area contributed by atoms with Gasteiger partial charge in [0.15, 0.2) is 5.69 Å². The van der Waals surface area contributed by atoms with Crippen molar-refractivity contribution in [2.24, 2.45) is 0 Å². The molecule has 0 aliphatic carbocycles. The quantitative estimate of drug-likeness (QED) is 0.871. The lowest BCUT2D eigenvalue weighted by Crippen LogP contribution is -2.45. The van der Waals surface area contributed by atoms with Crippen molar-refractivity contribution in [2.75, 3.05) is 43.8 Å². The Morgan fingerprint density at radius 3 is 2.90 bits per heavy atom. The third-order valence-electron chi connectivity index (χ3n) is 3.21. The second kappa shape index (κ2) is 6.44. The molecule has 0 amide bonds. The van der Waals surface area contributed by atoms with Crippen molar-refractivity contribution in [3.05, 3.63) is 11.8 Å². The number of aromatic nitrogens is 2. The van der Waals surface area contributed by atoms with E-state index in [-0.39, 0.29) is 11.9 Å². The van der Waals surface area contributed by atoms with Crippen LogP contribution in [0.2, 0.25) is 0 Å². The van der Waals surface area contributed by atoms with Gasteiger partial charge in [-0.2, -0.15) is 18.2 Å². The number of alkyl halides is 3. The van der Waals surface area contributed by atoms with E-state index in [1.54, 1.807) is 0 Å². The van der Waals surface area contributed by atoms with Crippen molar-refractivity contribution in [3.63, 3.8) is 0 Å². The van der Waals surface area contributed by atoms with Crippen LogP contribution in [0.3, 0.4) is 0 Å². The van der Waals surface area contributed by atoms with Crippen molar-refractivity contribution >= 4 is 11.8 Å². The molecule has 9 heteroatoms. The molecule has 2 heterocycles. The normalized spacial score (nSPS) is 20.5. The number of likely N-dealkylation sites (N-methyl/N-ethyl adjacent to an activating group) is 1. The first-order chi connectivity index (χ1) is 9.88. The molecule has 2 rings (SSSR count). The van der Waals surface area contributed by atoms with E-state index in [1.807, 2.05) is 0 Å². The minimum atomic E-state index is -4.55. The highest BCUT2D eigenvalue weighted by molar-refractivity contribution is 5.41. The lowest BCUT2D eigenvalue weighted by molar-refractivity contribution is -0.141. The van der Waals surface area contributed by atoms with Gasteiger partial charge in [0.05, 0.1) is 12.7 Å². The number of hydrogen-bond donors (Lipinski definition) is 2. The molecule has 118 valence electrons. The summed E-state index contributed by atoms with van der Waals surface area (Å²) in [6.45, 7) is 5.54. The lowest BCUT2D eigenvalue weighted by Gasteiger charge is -2.32. The maximum absolute atomic E-state index is 12.6. The van der Waals surface area contributed by atoms with Crippen LogP contribution >= 0.6 is 0 Å². The van der Waals surface area contributed by atoms with Crippen LogP contribution in [0, 0.1) is 0 Å². The zero-order valence-electron chi connectivity index (χ0n) is 11.7. The van der Waals surface area contributed by atoms with Gasteiger partial charge in [0.2, 0.25) is 5.95 Å². The highest BCUT2D eigenvalue weighted by atomic mass is 19.4. The fourth-order valence-electron chi connectivity index (χ4n) is 2.11. The van der Waals surface area contributed by atoms with Gasteiger partial charge in [-0.3, -0.25) is 4.90 Å². The Bertz CT molecular complexity index is 482. The van der Waals surface area contributed by atoms with Crippen molar-refractivity contribution in [2.45, 2.75) is 19.2 Å². The number of hydrogen-bond acceptors (Lipinski definition) is 6. The van der Waals surface area contributed by atoms with E-state index >= 15 is 0 Å². The second-order valence-electron chi connectivity index (χ2n) is 4.76. The van der Waals surface area contributed by atoms with Gasteiger partial charge in [-0.25, -0.2) is 4.98 Å². The summed E-state index contributed by atoms with van der Waals surface area (Å²) in [7, 11) is 0. The molecule has 21 heavy (non-hydrogen) atoms. The van der Waals surface area contributed by atoms with Crippen molar-refractivity contribution in [1.29, 1.82) is 0 Å². The van der Waals surface area contributed by atoms with Gasteiger partial charge in [-0.1, -0.05) is 6.92 Å². The maximum atomic E-state index is 12.6. The Labute approximate surface area is 120 Å². The van der Waals surface area contributed by atoms with E-state index in [1.165, 1.54) is 0 Å². The average molecular weight is 305 g/mol. The summed E-state index contributed by atoms with van der Waals surface area (Å²) in [5.41, 5.74) is 4.25. The fourth-order valence-corrected chi connectivity index (χ4v) is 2.11. The van der Waals surface area contributed by atoms with Gasteiger partial charge in [-0.15, -0.1) is 0 Å². The maximum Gasteiger partial charge on any atom is 0.433 e. The number of nitrogens with zero attached hydrogens (tertiary/aromatic N) is 3. The van der Waals surface area contributed by atoms with Crippen molar-refractivity contribution in [1.82, 2.24) is 14.9 Å². The number of nitrogen functional groups attached to an aromatic ring is 1. The first kappa shape index (κ1) is 15.8. The van der Waals surface area contributed by atoms with E-state index in [2.05, 4.69) is 27.1 Å². The molecule has 1 fully saturated rings. The molecule has 0 aromatic carbocycles. The average Bonchev–Trinajstić information content (AvgIpc) is 2.44. The molecule has 1 aliphatic rings. The Morgan fingerprint density at radius 1 is 1.48 bits per heavy atom. The van der Waals surface area contributed by atoms with E-state index in [9.17, 15) is 13.2 Å². The summed E-state index contributed by atoms with van der Waals surface area (Å²) in [4.78, 5) is 9.16. The van der Waals surface area contributed by atoms with Gasteiger partial charge >= 0.3 is 6.18 Å². The molecule has 0 spiro atoms. The van der Waals surface area contributed by atoms with Gasteiger partial charge in [-0.05, 0) is 6.54 Å². The summed E-state index contributed by atoms with van der Waals surface area (Å²) in [6.07, 6.45) is -4.64. The third kappa shape index (κ3) is 4.43. The van der Waals surface area contributed by atoms with Gasteiger partial charge in [0, 0.05) is 25.7 Å². The summed E-state index contributed by atoms with van der Waals surface area (Å²) < 4.78 is 43.5. The molecule has 1 atom stereocenters. The van der Waals surface area contributed by atoms with Gasteiger partial charge in [0.25, 0.3) is 0 Å². The van der Waals surface area contributed by atoms with Crippen LogP contribution in [0.1, 0.15) is 12.6 Å². The molecule has 1 aromatic rings. The Morgan fingerprint density at radius 2 is 2.24 bits per heavy atom. The van der Waals surface area contributed by atoms with Crippen LogP contribution in [0.25, 0.3) is 0 Å². The van der Waals surface area contributed by atoms with E-state index in [4.69, 9.17) is 10.5 Å². The molecule has 0 radical (unpaired) electrons. The molecule has 6 nitrogen and oxygen atoms in total. The zero-order chi connectivity index (χ0) is 15.5. The zero-order valence-corrected chi connectivity index (χ0v) is 11.7. The van der Waals surface area contributed by atoms with Crippen LogP contribution in [0.5, 0.6) is 0 Å². The standard InChI is InChI=1S/C12H18F3N5O/c1-2-20-3-4-21-8(7-20)6-17-10-5-9(12(13,14)15)18-11(16)19-10/h5,8H,2-4,6-7H2,1H3,(H3,16,17,18,19). The summed E-state index contributed by atoms with van der Waals surface area (Å²) in [5.74, 6) is -0.362. The number of nitrogens with one attached hydrogen (secondary N) is 1. The number of ether oxygens (including phenoxy) is 1. The van der Waals surface area contributed by atoms with Gasteiger partial charge in [0.1, 0.15) is 5.82 Å². The number of anilines is 2. The number of nitrogens with two attached hydrogens (primary N) is 1. The lowest BCUT2D eigenvalue weighted by atomic mass is 10.2. The van der Waals surface area contributed by atoms with Crippen molar-refractivity contribution in [3.8, 4) is 0 Å². The van der Waals surface area contributed by atoms with Gasteiger partial charge < -0.3 is 15.8 Å². The van der Waals surface area contributed by atoms with Crippen LogP contribution in [0.4, 0.5) is 24.9 Å². The summed E-state index contributed by atoms with van der Waals surface area (Å²) in [6, 6.07) is 0.844. The van der Waals surface area contributed by atoms with E-state index < -0.39 is 17.8 Å². The number of rotatable bonds is 4. The first-order valence-corrected chi connectivity index (χ1v) is 6.68. The van der Waals surface area contributed by atoms with E-state index in [0.717, 1.165) is 25.7 Å². The summed E-state index contributed by atoms with van der Waals surface area (Å²) in [5, 5.41) is 2.83. The molecular formula is C12H18F3N5O. The van der Waals surface area contributed by atoms with Crippen LogP contribution in [-0.2, 0) is 10.9 Å². The van der Waals surface area contributed by atoms with Crippen LogP contribution < -0.4 is 11.1 Å². The van der Waals surface area contributed by atoms with Crippen LogP contribution in [0.15, 0.2) is 6.07 Å². The number of morpholine rings is 1. The molecule has 1 aromatic heterocycles. The SMILES string of the molecule is CCN1CCOC(CNc2cc(C(F)(F)F)nc(N)n2)C1. The predicted octanol–water partition coefficient (Wildman–Crippen LogP) is 1.21. The molecule has 0 saturated carbocycles. The third-order valence-corrected chi connectivity index (χ3v) is 3.21. The molecule has 1 aliphatic heterocycles. The molecule has 1 unspecified atom stereocenters. The van der Waals surface area contributed by atoms with E-state index in [0.29, 0.717) is 13.2 Å². The Hall–Kier alpha value is -1.61. The predicted molar refractivity (Wildman–Crippen MR) is 71.8 cm³/mol. The first-order valence-electron chi connectivity index (χ1n) is 6.68. The highest BCUT2D eigenvalue weighted by Gasteiger charge is 2.33. The Kier molecular flexibility index (Phi) is 4.84. The molecular weight excluding hydrogens is 287 g/mol. The van der Waals surface area contributed by atoms with Crippen molar-refractivity contribution < 1.29 is 17.9 Å². The molecule has 1 saturated heterocycles. The highest BCUT2D eigenvalue weighted by Crippen LogP contribution is 2.29. The smallest absolute Gasteiger partial charge is 0.374 e. The minimum Gasteiger partial charge on any atom is -0.374 e. The number of halogens is 3. The fraction of sp³-hybridized carbons (Fsp3) is 0.667.